The van der Waals surface area contributed by atoms with Crippen LogP contribution in [0.1, 0.15) is 28.1 Å². The van der Waals surface area contributed by atoms with Gasteiger partial charge in [0.2, 0.25) is 0 Å². The van der Waals surface area contributed by atoms with Crippen molar-refractivity contribution in [1.29, 1.82) is 0 Å². The van der Waals surface area contributed by atoms with Gasteiger partial charge in [-0.3, -0.25) is 15.3 Å². The van der Waals surface area contributed by atoms with Crippen LogP contribution in [0.4, 0.5) is 18.0 Å². The molecule has 7 nitrogen and oxygen atoms in total. The van der Waals surface area contributed by atoms with Crippen LogP contribution in [0.25, 0.3) is 0 Å². The van der Waals surface area contributed by atoms with Gasteiger partial charge in [-0.2, -0.15) is 13.2 Å². The molecular weight excluding hydrogens is 401 g/mol. The maximum Gasteiger partial charge on any atom is 0.433 e. The van der Waals surface area contributed by atoms with Gasteiger partial charge in [-0.15, -0.1) is 0 Å². The van der Waals surface area contributed by atoms with E-state index in [0.29, 0.717) is 11.1 Å². The smallest absolute Gasteiger partial charge is 0.433 e. The summed E-state index contributed by atoms with van der Waals surface area (Å²) < 4.78 is 40.1. The SMILES string of the molecule is O=C(O)NC1=NC(c2cccc(O)c2)(c2ccnc(C(F)(F)F)c2)c2cccnc21. The van der Waals surface area contributed by atoms with Gasteiger partial charge in [0.1, 0.15) is 22.7 Å². The number of hydrogen-bond donors (Lipinski definition) is 3. The summed E-state index contributed by atoms with van der Waals surface area (Å²) in [4.78, 5) is 23.3. The first-order chi connectivity index (χ1) is 14.2. The van der Waals surface area contributed by atoms with Crippen molar-refractivity contribution in [3.05, 3.63) is 89.0 Å². The molecule has 30 heavy (non-hydrogen) atoms. The highest BCUT2D eigenvalue weighted by molar-refractivity contribution is 6.08. The van der Waals surface area contributed by atoms with E-state index in [2.05, 4.69) is 20.3 Å². The van der Waals surface area contributed by atoms with Gasteiger partial charge in [0.15, 0.2) is 5.84 Å². The second-order valence-electron chi connectivity index (χ2n) is 6.48. The van der Waals surface area contributed by atoms with Crippen molar-refractivity contribution in [2.24, 2.45) is 4.99 Å². The monoisotopic (exact) mass is 414 g/mol. The fourth-order valence-electron chi connectivity index (χ4n) is 3.50. The minimum absolute atomic E-state index is 0.0897. The van der Waals surface area contributed by atoms with Crippen LogP contribution >= 0.6 is 0 Å². The van der Waals surface area contributed by atoms with Gasteiger partial charge in [0, 0.05) is 18.0 Å². The fraction of sp³-hybridized carbons (Fsp3) is 0.100. The van der Waals surface area contributed by atoms with Crippen molar-refractivity contribution in [3.8, 4) is 5.75 Å². The summed E-state index contributed by atoms with van der Waals surface area (Å²) in [6.07, 6.45) is -3.66. The predicted octanol–water partition coefficient (Wildman–Crippen LogP) is 3.52. The van der Waals surface area contributed by atoms with Crippen LogP contribution in [0, 0.1) is 0 Å². The predicted molar refractivity (Wildman–Crippen MR) is 99.2 cm³/mol. The van der Waals surface area contributed by atoms with Crippen molar-refractivity contribution in [1.82, 2.24) is 15.3 Å². The lowest BCUT2D eigenvalue weighted by Crippen LogP contribution is -2.29. The van der Waals surface area contributed by atoms with E-state index < -0.39 is 23.5 Å². The van der Waals surface area contributed by atoms with Crippen molar-refractivity contribution >= 4 is 11.9 Å². The molecule has 10 heteroatoms. The lowest BCUT2D eigenvalue weighted by Gasteiger charge is -2.29. The van der Waals surface area contributed by atoms with Gasteiger partial charge in [-0.25, -0.2) is 9.79 Å². The Hall–Kier alpha value is -3.95. The first-order valence-corrected chi connectivity index (χ1v) is 8.61. The highest BCUT2D eigenvalue weighted by Crippen LogP contribution is 2.46. The number of pyridine rings is 2. The number of phenols is 1. The summed E-state index contributed by atoms with van der Waals surface area (Å²) in [5, 5.41) is 21.4. The number of aromatic hydroxyl groups is 1. The Morgan fingerprint density at radius 2 is 1.77 bits per heavy atom. The highest BCUT2D eigenvalue weighted by atomic mass is 19.4. The van der Waals surface area contributed by atoms with Crippen LogP contribution in [-0.2, 0) is 11.7 Å². The molecule has 0 fully saturated rings. The Bertz CT molecular complexity index is 1180. The largest absolute Gasteiger partial charge is 0.508 e. The zero-order chi connectivity index (χ0) is 21.5. The number of amidine groups is 1. The minimum Gasteiger partial charge on any atom is -0.508 e. The molecule has 0 spiro atoms. The van der Waals surface area contributed by atoms with Crippen LogP contribution < -0.4 is 5.32 Å². The van der Waals surface area contributed by atoms with Crippen LogP contribution in [0.15, 0.2) is 65.9 Å². The first-order valence-electron chi connectivity index (χ1n) is 8.61. The molecule has 4 rings (SSSR count). The second-order valence-corrected chi connectivity index (χ2v) is 6.48. The molecule has 1 unspecified atom stereocenters. The van der Waals surface area contributed by atoms with E-state index in [-0.39, 0.29) is 22.8 Å². The number of carbonyl (C=O) groups is 1. The van der Waals surface area contributed by atoms with Crippen LogP contribution in [-0.4, -0.2) is 32.1 Å². The number of alkyl halides is 3. The fourth-order valence-corrected chi connectivity index (χ4v) is 3.50. The molecule has 3 N–H and O–H groups in total. The second kappa shape index (κ2) is 6.83. The molecule has 1 aliphatic heterocycles. The highest BCUT2D eigenvalue weighted by Gasteiger charge is 2.46. The number of benzene rings is 1. The Labute approximate surface area is 167 Å². The molecule has 1 aliphatic rings. The number of aliphatic imine (C=N–C) groups is 1. The molecule has 0 saturated carbocycles. The average molecular weight is 414 g/mol. The summed E-state index contributed by atoms with van der Waals surface area (Å²) in [6, 6.07) is 11.3. The van der Waals surface area contributed by atoms with Crippen LogP contribution in [0.5, 0.6) is 5.75 Å². The number of hydrogen-bond acceptors (Lipinski definition) is 5. The first kappa shape index (κ1) is 19.4. The topological polar surface area (TPSA) is 108 Å². The number of phenolic OH excluding ortho intramolecular Hbond substituents is 1. The number of carboxylic acid groups (broad SMARTS) is 1. The Morgan fingerprint density at radius 1 is 1.00 bits per heavy atom. The number of fused-ring (bicyclic) bond motifs is 1. The van der Waals surface area contributed by atoms with Crippen molar-refractivity contribution < 1.29 is 28.2 Å². The van der Waals surface area contributed by atoms with E-state index in [1.807, 2.05) is 0 Å². The van der Waals surface area contributed by atoms with E-state index in [1.165, 1.54) is 30.5 Å². The number of rotatable bonds is 2. The number of nitrogens with one attached hydrogen (secondary N) is 1. The lowest BCUT2D eigenvalue weighted by molar-refractivity contribution is -0.141. The molecule has 1 atom stereocenters. The molecule has 0 aliphatic carbocycles. The van der Waals surface area contributed by atoms with Gasteiger partial charge in [-0.05, 0) is 41.5 Å². The zero-order valence-electron chi connectivity index (χ0n) is 15.1. The molecular formula is C20H13F3N4O3. The summed E-state index contributed by atoms with van der Waals surface area (Å²) in [7, 11) is 0. The third-order valence-corrected chi connectivity index (χ3v) is 4.66. The number of nitrogens with zero attached hydrogens (tertiary/aromatic N) is 3. The molecule has 152 valence electrons. The number of aromatic nitrogens is 2. The van der Waals surface area contributed by atoms with E-state index in [1.54, 1.807) is 18.2 Å². The molecule has 1 amide bonds. The van der Waals surface area contributed by atoms with Crippen molar-refractivity contribution in [2.45, 2.75) is 11.7 Å². The van der Waals surface area contributed by atoms with Crippen molar-refractivity contribution in [2.75, 3.05) is 0 Å². The van der Waals surface area contributed by atoms with Crippen molar-refractivity contribution in [3.63, 3.8) is 0 Å². The average Bonchev–Trinajstić information content (AvgIpc) is 3.02. The van der Waals surface area contributed by atoms with Crippen LogP contribution in [0.3, 0.4) is 0 Å². The van der Waals surface area contributed by atoms with E-state index >= 15 is 0 Å². The Kier molecular flexibility index (Phi) is 4.41. The lowest BCUT2D eigenvalue weighted by atomic mass is 9.78. The standard InChI is InChI=1S/C20H13F3N4O3/c21-20(22,23)15-10-12(6-8-24-15)19(11-3-1-4-13(28)9-11)14-5-2-7-25-16(14)17(27-19)26-18(29)30/h1-10,28H,(H,26,27)(H,29,30). The third-order valence-electron chi connectivity index (χ3n) is 4.66. The van der Waals surface area contributed by atoms with Crippen LogP contribution in [0.2, 0.25) is 0 Å². The van der Waals surface area contributed by atoms with Gasteiger partial charge >= 0.3 is 12.3 Å². The molecule has 0 radical (unpaired) electrons. The number of amides is 1. The molecule has 0 bridgehead atoms. The zero-order valence-corrected chi connectivity index (χ0v) is 15.1. The molecule has 0 saturated heterocycles. The molecule has 2 aromatic heterocycles. The summed E-state index contributed by atoms with van der Waals surface area (Å²) in [5.74, 6) is -0.246. The van der Waals surface area contributed by atoms with Gasteiger partial charge in [-0.1, -0.05) is 18.2 Å². The molecule has 3 aromatic rings. The van der Waals surface area contributed by atoms with E-state index in [0.717, 1.165) is 12.3 Å². The summed E-state index contributed by atoms with van der Waals surface area (Å²) in [5.41, 5.74) is -1.75. The maximum absolute atomic E-state index is 13.4. The molecule has 3 heterocycles. The third kappa shape index (κ3) is 3.11. The number of halogens is 3. The van der Waals surface area contributed by atoms with Gasteiger partial charge in [0.05, 0.1) is 0 Å². The quantitative estimate of drug-likeness (QED) is 0.595. The minimum atomic E-state index is -4.70. The summed E-state index contributed by atoms with van der Waals surface area (Å²) in [6.45, 7) is 0. The molecule has 1 aromatic carbocycles. The normalized spacial score (nSPS) is 17.9. The van der Waals surface area contributed by atoms with Gasteiger partial charge < -0.3 is 10.2 Å². The Morgan fingerprint density at radius 3 is 2.47 bits per heavy atom. The van der Waals surface area contributed by atoms with E-state index in [9.17, 15) is 28.2 Å². The van der Waals surface area contributed by atoms with Gasteiger partial charge in [0.25, 0.3) is 0 Å². The van der Waals surface area contributed by atoms with E-state index in [4.69, 9.17) is 0 Å². The Balaban J connectivity index is 2.07. The maximum atomic E-state index is 13.4. The summed E-state index contributed by atoms with van der Waals surface area (Å²) >= 11 is 0.